The summed E-state index contributed by atoms with van der Waals surface area (Å²) in [5.41, 5.74) is 1.00. The van der Waals surface area contributed by atoms with Crippen LogP contribution in [0.15, 0.2) is 29.3 Å². The van der Waals surface area contributed by atoms with Crippen LogP contribution >= 0.6 is 11.6 Å². The van der Waals surface area contributed by atoms with Crippen LogP contribution in [0.25, 0.3) is 0 Å². The van der Waals surface area contributed by atoms with Crippen molar-refractivity contribution in [3.63, 3.8) is 0 Å². The van der Waals surface area contributed by atoms with Gasteiger partial charge in [-0.3, -0.25) is 4.99 Å². The molecular weight excluding hydrogens is 334 g/mol. The number of guanidine groups is 1. The van der Waals surface area contributed by atoms with E-state index in [1.165, 1.54) is 0 Å². The molecule has 23 heavy (non-hydrogen) atoms. The van der Waals surface area contributed by atoms with E-state index in [1.54, 1.807) is 7.05 Å². The van der Waals surface area contributed by atoms with Gasteiger partial charge in [0.2, 0.25) is 0 Å². The van der Waals surface area contributed by atoms with Gasteiger partial charge < -0.3 is 10.6 Å². The third-order valence-corrected chi connectivity index (χ3v) is 6.10. The Labute approximate surface area is 143 Å². The normalized spacial score (nSPS) is 21.2. The maximum atomic E-state index is 11.5. The van der Waals surface area contributed by atoms with Gasteiger partial charge in [0.15, 0.2) is 15.8 Å². The summed E-state index contributed by atoms with van der Waals surface area (Å²) in [5.74, 6) is 1.04. The van der Waals surface area contributed by atoms with E-state index in [4.69, 9.17) is 11.6 Å². The van der Waals surface area contributed by atoms with Gasteiger partial charge >= 0.3 is 0 Å². The van der Waals surface area contributed by atoms with E-state index in [9.17, 15) is 8.42 Å². The molecule has 1 aromatic carbocycles. The van der Waals surface area contributed by atoms with Crippen LogP contribution in [-0.2, 0) is 15.3 Å². The molecule has 128 valence electrons. The van der Waals surface area contributed by atoms with Crippen molar-refractivity contribution in [1.82, 2.24) is 10.6 Å². The molecule has 1 aromatic rings. The number of nitrogens with one attached hydrogen (secondary N) is 2. The van der Waals surface area contributed by atoms with Gasteiger partial charge in [0.05, 0.1) is 11.5 Å². The molecule has 5 nitrogen and oxygen atoms in total. The van der Waals surface area contributed by atoms with Crippen molar-refractivity contribution in [3.8, 4) is 0 Å². The molecule has 0 saturated carbocycles. The zero-order valence-electron chi connectivity index (χ0n) is 13.8. The number of benzene rings is 1. The van der Waals surface area contributed by atoms with Crippen molar-refractivity contribution in [2.75, 3.05) is 25.1 Å². The lowest BCUT2D eigenvalue weighted by atomic mass is 9.84. The van der Waals surface area contributed by atoms with Gasteiger partial charge in [0, 0.05) is 30.1 Å². The molecule has 0 aliphatic carbocycles. The zero-order chi connectivity index (χ0) is 17.1. The summed E-state index contributed by atoms with van der Waals surface area (Å²) in [6.07, 6.45) is 0.626. The third-order valence-electron chi connectivity index (χ3n) is 4.10. The molecule has 1 saturated heterocycles. The second-order valence-corrected chi connectivity index (χ2v) is 9.23. The Morgan fingerprint density at radius 1 is 1.43 bits per heavy atom. The maximum absolute atomic E-state index is 11.5. The Morgan fingerprint density at radius 2 is 2.17 bits per heavy atom. The number of nitrogens with zero attached hydrogens (tertiary/aromatic N) is 1. The maximum Gasteiger partial charge on any atom is 0.191 e. The molecule has 0 spiro atoms. The van der Waals surface area contributed by atoms with E-state index in [0.29, 0.717) is 23.9 Å². The molecule has 0 amide bonds. The lowest BCUT2D eigenvalue weighted by molar-refractivity contribution is 0.505. The van der Waals surface area contributed by atoms with Gasteiger partial charge in [0.25, 0.3) is 0 Å². The molecule has 7 heteroatoms. The minimum Gasteiger partial charge on any atom is -0.356 e. The van der Waals surface area contributed by atoms with Gasteiger partial charge in [-0.15, -0.1) is 0 Å². The first-order valence-corrected chi connectivity index (χ1v) is 9.85. The van der Waals surface area contributed by atoms with Crippen molar-refractivity contribution in [2.24, 2.45) is 4.99 Å². The average Bonchev–Trinajstić information content (AvgIpc) is 2.82. The SMILES string of the molecule is CN=C(NCC(C)(C)c1cccc(Cl)c1)NC1CCS(=O)(=O)C1. The van der Waals surface area contributed by atoms with E-state index in [1.807, 2.05) is 24.3 Å². The Hall–Kier alpha value is -1.27. The Kier molecular flexibility index (Phi) is 5.57. The van der Waals surface area contributed by atoms with Crippen molar-refractivity contribution in [1.29, 1.82) is 0 Å². The summed E-state index contributed by atoms with van der Waals surface area (Å²) >= 11 is 6.07. The van der Waals surface area contributed by atoms with E-state index in [0.717, 1.165) is 5.56 Å². The zero-order valence-corrected chi connectivity index (χ0v) is 15.3. The number of aliphatic imine (C=N–C) groups is 1. The molecule has 0 radical (unpaired) electrons. The molecule has 2 N–H and O–H groups in total. The summed E-state index contributed by atoms with van der Waals surface area (Å²) in [5, 5.41) is 7.19. The van der Waals surface area contributed by atoms with E-state index < -0.39 is 9.84 Å². The van der Waals surface area contributed by atoms with Gasteiger partial charge in [-0.25, -0.2) is 8.42 Å². The molecule has 1 fully saturated rings. The van der Waals surface area contributed by atoms with Crippen LogP contribution in [0.3, 0.4) is 0 Å². The van der Waals surface area contributed by atoms with Crippen LogP contribution < -0.4 is 10.6 Å². The smallest absolute Gasteiger partial charge is 0.191 e. The van der Waals surface area contributed by atoms with Gasteiger partial charge in [-0.05, 0) is 24.1 Å². The number of sulfone groups is 1. The minimum atomic E-state index is -2.90. The van der Waals surface area contributed by atoms with Crippen LogP contribution in [0.4, 0.5) is 0 Å². The molecule has 1 aliphatic heterocycles. The number of hydrogen-bond donors (Lipinski definition) is 2. The summed E-state index contributed by atoms with van der Waals surface area (Å²) in [7, 11) is -1.21. The summed E-state index contributed by atoms with van der Waals surface area (Å²) < 4.78 is 23.1. The number of halogens is 1. The fourth-order valence-corrected chi connectivity index (χ4v) is 4.48. The number of rotatable bonds is 4. The first-order chi connectivity index (χ1) is 10.7. The van der Waals surface area contributed by atoms with Crippen molar-refractivity contribution in [2.45, 2.75) is 31.7 Å². The summed E-state index contributed by atoms with van der Waals surface area (Å²) in [6.45, 7) is 4.91. The van der Waals surface area contributed by atoms with Gasteiger partial charge in [-0.1, -0.05) is 37.6 Å². The second-order valence-electron chi connectivity index (χ2n) is 6.56. The minimum absolute atomic E-state index is 0.0690. The van der Waals surface area contributed by atoms with Crippen molar-refractivity contribution >= 4 is 27.4 Å². The first-order valence-electron chi connectivity index (χ1n) is 7.65. The highest BCUT2D eigenvalue weighted by Gasteiger charge is 2.29. The fourth-order valence-electron chi connectivity index (χ4n) is 2.61. The standard InChI is InChI=1S/C16H24ClN3O2S/c1-16(2,12-5-4-6-13(17)9-12)11-19-15(18-3)20-14-7-8-23(21,22)10-14/h4-6,9,14H,7-8,10-11H2,1-3H3,(H2,18,19,20). The molecule has 0 aromatic heterocycles. The molecule has 1 aliphatic rings. The largest absolute Gasteiger partial charge is 0.356 e. The van der Waals surface area contributed by atoms with Crippen LogP contribution in [0, 0.1) is 0 Å². The molecular formula is C16H24ClN3O2S. The third kappa shape index (κ3) is 5.11. The molecule has 0 bridgehead atoms. The average molecular weight is 358 g/mol. The lowest BCUT2D eigenvalue weighted by Crippen LogP contribution is -2.47. The Morgan fingerprint density at radius 3 is 2.74 bits per heavy atom. The van der Waals surface area contributed by atoms with E-state index in [2.05, 4.69) is 29.5 Å². The Bertz CT molecular complexity index is 686. The van der Waals surface area contributed by atoms with Crippen LogP contribution in [-0.4, -0.2) is 45.5 Å². The quantitative estimate of drug-likeness (QED) is 0.638. The molecule has 2 rings (SSSR count). The van der Waals surface area contributed by atoms with E-state index >= 15 is 0 Å². The predicted molar refractivity (Wildman–Crippen MR) is 96.0 cm³/mol. The van der Waals surface area contributed by atoms with E-state index in [-0.39, 0.29) is 23.0 Å². The first kappa shape index (κ1) is 18.1. The summed E-state index contributed by atoms with van der Waals surface area (Å²) in [6, 6.07) is 7.74. The monoisotopic (exact) mass is 357 g/mol. The Balaban J connectivity index is 1.95. The highest BCUT2D eigenvalue weighted by atomic mass is 35.5. The highest BCUT2D eigenvalue weighted by molar-refractivity contribution is 7.91. The summed E-state index contributed by atoms with van der Waals surface area (Å²) in [4.78, 5) is 4.19. The lowest BCUT2D eigenvalue weighted by Gasteiger charge is -2.27. The van der Waals surface area contributed by atoms with Gasteiger partial charge in [-0.2, -0.15) is 0 Å². The van der Waals surface area contributed by atoms with Crippen LogP contribution in [0.5, 0.6) is 0 Å². The van der Waals surface area contributed by atoms with Crippen LogP contribution in [0.2, 0.25) is 5.02 Å². The topological polar surface area (TPSA) is 70.6 Å². The molecule has 1 atom stereocenters. The molecule has 1 unspecified atom stereocenters. The van der Waals surface area contributed by atoms with Crippen molar-refractivity contribution in [3.05, 3.63) is 34.9 Å². The predicted octanol–water partition coefficient (Wildman–Crippen LogP) is 1.97. The highest BCUT2D eigenvalue weighted by Crippen LogP contribution is 2.24. The van der Waals surface area contributed by atoms with Crippen molar-refractivity contribution < 1.29 is 8.42 Å². The van der Waals surface area contributed by atoms with Gasteiger partial charge in [0.1, 0.15) is 0 Å². The second kappa shape index (κ2) is 7.09. The fraction of sp³-hybridized carbons (Fsp3) is 0.562. The molecule has 1 heterocycles. The number of hydrogen-bond acceptors (Lipinski definition) is 3. The van der Waals surface area contributed by atoms with Crippen LogP contribution in [0.1, 0.15) is 25.8 Å².